The Kier molecular flexibility index (Phi) is 5.82. The maximum absolute atomic E-state index is 13.4. The van der Waals surface area contributed by atoms with Gasteiger partial charge < -0.3 is 5.32 Å². The van der Waals surface area contributed by atoms with Crippen molar-refractivity contribution in [3.05, 3.63) is 29.8 Å². The van der Waals surface area contributed by atoms with E-state index in [1.165, 1.54) is 4.90 Å². The van der Waals surface area contributed by atoms with Crippen LogP contribution in [0.2, 0.25) is 0 Å². The summed E-state index contributed by atoms with van der Waals surface area (Å²) in [7, 11) is -3.61. The first-order valence-electron chi connectivity index (χ1n) is 9.84. The van der Waals surface area contributed by atoms with Crippen LogP contribution in [0.3, 0.4) is 0 Å². The van der Waals surface area contributed by atoms with Crippen molar-refractivity contribution >= 4 is 27.5 Å². The van der Waals surface area contributed by atoms with Crippen LogP contribution in [0, 0.1) is 0 Å². The van der Waals surface area contributed by atoms with Crippen molar-refractivity contribution in [2.45, 2.75) is 57.5 Å². The molecule has 2 fully saturated rings. The Hall–Kier alpha value is -1.93. The van der Waals surface area contributed by atoms with Gasteiger partial charge in [0.15, 0.2) is 0 Å². The second-order valence-corrected chi connectivity index (χ2v) is 9.95. The van der Waals surface area contributed by atoms with Gasteiger partial charge in [-0.15, -0.1) is 0 Å². The van der Waals surface area contributed by atoms with Crippen LogP contribution in [-0.2, 0) is 26.0 Å². The topological polar surface area (TPSA) is 86.8 Å². The van der Waals surface area contributed by atoms with Crippen LogP contribution in [0.25, 0.3) is 0 Å². The number of aryl methyl sites for hydroxylation is 1. The van der Waals surface area contributed by atoms with E-state index in [0.29, 0.717) is 12.1 Å². The summed E-state index contributed by atoms with van der Waals surface area (Å²) < 4.78 is 25.5. The molecule has 1 N–H and O–H groups in total. The Morgan fingerprint density at radius 2 is 1.89 bits per heavy atom. The Labute approximate surface area is 167 Å². The molecule has 1 saturated heterocycles. The summed E-state index contributed by atoms with van der Waals surface area (Å²) in [4.78, 5) is 28.0. The number of nitrogens with one attached hydrogen (secondary N) is 1. The number of piperazine rings is 1. The van der Waals surface area contributed by atoms with E-state index in [1.54, 1.807) is 6.92 Å². The quantitative estimate of drug-likeness (QED) is 0.804. The fraction of sp³-hybridized carbons (Fsp3) is 0.600. The molecular weight excluding hydrogens is 378 g/mol. The Morgan fingerprint density at radius 3 is 2.50 bits per heavy atom. The van der Waals surface area contributed by atoms with Crippen molar-refractivity contribution in [2.24, 2.45) is 0 Å². The summed E-state index contributed by atoms with van der Waals surface area (Å²) in [5, 5.41) is 3.06. The number of rotatable bonds is 5. The van der Waals surface area contributed by atoms with Gasteiger partial charge in [0.25, 0.3) is 0 Å². The van der Waals surface area contributed by atoms with E-state index < -0.39 is 15.6 Å². The standard InChI is InChI=1S/C20H29N3O4S/c1-4-15-9-5-8-12-17(15)23-18(24)13-22(28(3,26)27)14-20(23,2)19(25)21-16-10-6-7-11-16/h5,8-9,12,16H,4,6-7,10-11,13-14H2,1-3H3,(H,21,25). The van der Waals surface area contributed by atoms with Gasteiger partial charge in [0, 0.05) is 18.3 Å². The average molecular weight is 408 g/mol. The number of para-hydroxylation sites is 1. The Balaban J connectivity index is 2.04. The minimum Gasteiger partial charge on any atom is -0.351 e. The van der Waals surface area contributed by atoms with Gasteiger partial charge in [-0.05, 0) is 37.8 Å². The first kappa shape index (κ1) is 20.8. The molecule has 3 rings (SSSR count). The van der Waals surface area contributed by atoms with Crippen LogP contribution in [0.5, 0.6) is 0 Å². The van der Waals surface area contributed by atoms with Crippen LogP contribution < -0.4 is 10.2 Å². The zero-order valence-electron chi connectivity index (χ0n) is 16.8. The molecule has 1 saturated carbocycles. The van der Waals surface area contributed by atoms with Crippen molar-refractivity contribution in [1.82, 2.24) is 9.62 Å². The molecule has 1 aromatic rings. The number of hydrogen-bond acceptors (Lipinski definition) is 4. The first-order valence-corrected chi connectivity index (χ1v) is 11.7. The molecule has 0 spiro atoms. The SMILES string of the molecule is CCc1ccccc1N1C(=O)CN(S(C)(=O)=O)CC1(C)C(=O)NC1CCCC1. The summed E-state index contributed by atoms with van der Waals surface area (Å²) in [6, 6.07) is 7.57. The zero-order chi connectivity index (χ0) is 20.5. The highest BCUT2D eigenvalue weighted by atomic mass is 32.2. The minimum absolute atomic E-state index is 0.0613. The molecule has 1 atom stereocenters. The number of nitrogens with zero attached hydrogens (tertiary/aromatic N) is 2. The molecule has 1 heterocycles. The number of carbonyl (C=O) groups excluding carboxylic acids is 2. The second-order valence-electron chi connectivity index (χ2n) is 7.97. The smallest absolute Gasteiger partial charge is 0.247 e. The molecule has 2 aliphatic rings. The summed E-state index contributed by atoms with van der Waals surface area (Å²) in [6.45, 7) is 3.34. The van der Waals surface area contributed by atoms with Crippen LogP contribution in [-0.4, -0.2) is 55.5 Å². The van der Waals surface area contributed by atoms with Crippen molar-refractivity contribution < 1.29 is 18.0 Å². The van der Waals surface area contributed by atoms with E-state index in [0.717, 1.165) is 41.8 Å². The van der Waals surface area contributed by atoms with Gasteiger partial charge in [-0.3, -0.25) is 14.5 Å². The third-order valence-corrected chi connectivity index (χ3v) is 7.00. The predicted octanol–water partition coefficient (Wildman–Crippen LogP) is 1.67. The van der Waals surface area contributed by atoms with Gasteiger partial charge in [-0.25, -0.2) is 8.42 Å². The second kappa shape index (κ2) is 7.83. The van der Waals surface area contributed by atoms with Crippen LogP contribution in [0.4, 0.5) is 5.69 Å². The van der Waals surface area contributed by atoms with Crippen LogP contribution in [0.1, 0.15) is 45.1 Å². The van der Waals surface area contributed by atoms with E-state index in [1.807, 2.05) is 31.2 Å². The molecule has 1 aliphatic carbocycles. The number of amides is 2. The molecule has 0 radical (unpaired) electrons. The molecule has 1 aliphatic heterocycles. The monoisotopic (exact) mass is 407 g/mol. The van der Waals surface area contributed by atoms with Gasteiger partial charge in [0.05, 0.1) is 12.8 Å². The molecule has 0 bridgehead atoms. The maximum atomic E-state index is 13.4. The lowest BCUT2D eigenvalue weighted by Gasteiger charge is -2.47. The molecule has 154 valence electrons. The number of hydrogen-bond donors (Lipinski definition) is 1. The van der Waals surface area contributed by atoms with Crippen molar-refractivity contribution in [3.8, 4) is 0 Å². The fourth-order valence-corrected chi connectivity index (χ4v) is 5.04. The Morgan fingerprint density at radius 1 is 1.25 bits per heavy atom. The summed E-state index contributed by atoms with van der Waals surface area (Å²) in [6.07, 6.45) is 5.74. The summed E-state index contributed by atoms with van der Waals surface area (Å²) >= 11 is 0. The van der Waals surface area contributed by atoms with Crippen molar-refractivity contribution in [1.29, 1.82) is 0 Å². The third-order valence-electron chi connectivity index (χ3n) is 5.80. The zero-order valence-corrected chi connectivity index (χ0v) is 17.6. The highest BCUT2D eigenvalue weighted by Crippen LogP contribution is 2.33. The fourth-order valence-electron chi connectivity index (χ4n) is 4.21. The van der Waals surface area contributed by atoms with E-state index in [4.69, 9.17) is 0 Å². The summed E-state index contributed by atoms with van der Waals surface area (Å²) in [5.41, 5.74) is 0.308. The van der Waals surface area contributed by atoms with Crippen molar-refractivity contribution in [3.63, 3.8) is 0 Å². The largest absolute Gasteiger partial charge is 0.351 e. The minimum atomic E-state index is -3.61. The molecule has 2 amide bonds. The van der Waals surface area contributed by atoms with E-state index in [-0.39, 0.29) is 30.9 Å². The molecule has 7 nitrogen and oxygen atoms in total. The van der Waals surface area contributed by atoms with Gasteiger partial charge in [0.2, 0.25) is 21.8 Å². The number of anilines is 1. The molecule has 8 heteroatoms. The van der Waals surface area contributed by atoms with Crippen LogP contribution >= 0.6 is 0 Å². The highest BCUT2D eigenvalue weighted by Gasteiger charge is 2.51. The predicted molar refractivity (Wildman–Crippen MR) is 109 cm³/mol. The Bertz CT molecular complexity index is 864. The lowest BCUT2D eigenvalue weighted by Crippen LogP contribution is -2.70. The third kappa shape index (κ3) is 3.93. The van der Waals surface area contributed by atoms with Crippen LogP contribution in [0.15, 0.2) is 24.3 Å². The average Bonchev–Trinajstić information content (AvgIpc) is 3.13. The summed E-state index contributed by atoms with van der Waals surface area (Å²) in [5.74, 6) is -0.686. The van der Waals surface area contributed by atoms with Crippen molar-refractivity contribution in [2.75, 3.05) is 24.2 Å². The molecular formula is C20H29N3O4S. The van der Waals surface area contributed by atoms with Gasteiger partial charge >= 0.3 is 0 Å². The molecule has 28 heavy (non-hydrogen) atoms. The lowest BCUT2D eigenvalue weighted by atomic mass is 9.92. The van der Waals surface area contributed by atoms with Gasteiger partial charge in [-0.1, -0.05) is 38.0 Å². The van der Waals surface area contributed by atoms with E-state index in [9.17, 15) is 18.0 Å². The first-order chi connectivity index (χ1) is 13.2. The lowest BCUT2D eigenvalue weighted by molar-refractivity contribution is -0.133. The number of sulfonamides is 1. The van der Waals surface area contributed by atoms with E-state index in [2.05, 4.69) is 5.32 Å². The molecule has 1 aromatic carbocycles. The number of benzene rings is 1. The van der Waals surface area contributed by atoms with Gasteiger partial charge in [-0.2, -0.15) is 4.31 Å². The highest BCUT2D eigenvalue weighted by molar-refractivity contribution is 7.88. The normalized spacial score (nSPS) is 24.5. The maximum Gasteiger partial charge on any atom is 0.247 e. The van der Waals surface area contributed by atoms with Gasteiger partial charge in [0.1, 0.15) is 5.54 Å². The molecule has 1 unspecified atom stereocenters. The molecule has 0 aromatic heterocycles. The number of carbonyl (C=O) groups is 2. The van der Waals surface area contributed by atoms with E-state index >= 15 is 0 Å².